The van der Waals surface area contributed by atoms with Gasteiger partial charge < -0.3 is 10.6 Å². The van der Waals surface area contributed by atoms with Gasteiger partial charge in [0.25, 0.3) is 0 Å². The van der Waals surface area contributed by atoms with E-state index in [4.69, 9.17) is 5.73 Å². The quantitative estimate of drug-likeness (QED) is 0.919. The Balaban J connectivity index is 1.63. The summed E-state index contributed by atoms with van der Waals surface area (Å²) in [6.07, 6.45) is 0.966. The van der Waals surface area contributed by atoms with Crippen LogP contribution < -0.4 is 5.73 Å². The molecular formula is C18H25N5O. The molecule has 0 fully saturated rings. The number of anilines is 1. The Kier molecular flexibility index (Phi) is 4.57. The predicted molar refractivity (Wildman–Crippen MR) is 94.4 cm³/mol. The van der Waals surface area contributed by atoms with Gasteiger partial charge in [-0.05, 0) is 31.5 Å². The van der Waals surface area contributed by atoms with Crippen LogP contribution in [0.15, 0.2) is 30.3 Å². The topological polar surface area (TPSA) is 67.4 Å². The van der Waals surface area contributed by atoms with Gasteiger partial charge in [-0.15, -0.1) is 0 Å². The second-order valence-electron chi connectivity index (χ2n) is 6.68. The molecule has 1 aliphatic rings. The lowest BCUT2D eigenvalue weighted by atomic mass is 9.94. The van der Waals surface area contributed by atoms with Gasteiger partial charge in [-0.3, -0.25) is 9.69 Å². The highest BCUT2D eigenvalue weighted by molar-refractivity contribution is 5.76. The summed E-state index contributed by atoms with van der Waals surface area (Å²) in [5.41, 5.74) is 9.46. The van der Waals surface area contributed by atoms with Gasteiger partial charge in [0.1, 0.15) is 12.4 Å². The first-order valence-electron chi connectivity index (χ1n) is 8.25. The number of amides is 1. The number of rotatable bonds is 4. The van der Waals surface area contributed by atoms with Gasteiger partial charge in [-0.25, -0.2) is 4.68 Å². The number of hydrogen-bond acceptors (Lipinski definition) is 4. The fourth-order valence-electron chi connectivity index (χ4n) is 3.28. The molecule has 6 heteroatoms. The summed E-state index contributed by atoms with van der Waals surface area (Å²) in [6.45, 7) is 3.68. The van der Waals surface area contributed by atoms with Crippen molar-refractivity contribution in [1.82, 2.24) is 19.6 Å². The normalized spacial score (nSPS) is 17.5. The second kappa shape index (κ2) is 6.65. The minimum absolute atomic E-state index is 0.0251. The summed E-state index contributed by atoms with van der Waals surface area (Å²) in [4.78, 5) is 16.6. The molecule has 128 valence electrons. The number of likely N-dealkylation sites (N-methyl/N-ethyl adjacent to an activating group) is 2. The molecule has 24 heavy (non-hydrogen) atoms. The fraction of sp³-hybridized carbons (Fsp3) is 0.444. The van der Waals surface area contributed by atoms with E-state index in [-0.39, 0.29) is 12.5 Å². The number of aryl methyl sites for hydroxylation is 1. The molecule has 1 atom stereocenters. The van der Waals surface area contributed by atoms with Crippen LogP contribution in [0.5, 0.6) is 0 Å². The fourth-order valence-corrected chi connectivity index (χ4v) is 3.28. The first-order valence-corrected chi connectivity index (χ1v) is 8.25. The Morgan fingerprint density at radius 2 is 2.08 bits per heavy atom. The molecule has 1 aromatic heterocycles. The van der Waals surface area contributed by atoms with Crippen molar-refractivity contribution in [2.45, 2.75) is 32.5 Å². The molecule has 1 aromatic carbocycles. The van der Waals surface area contributed by atoms with Crippen LogP contribution in [-0.4, -0.2) is 52.2 Å². The number of aromatic nitrogens is 2. The van der Waals surface area contributed by atoms with Crippen LogP contribution in [0.25, 0.3) is 0 Å². The monoisotopic (exact) mass is 327 g/mol. The molecule has 0 unspecified atom stereocenters. The van der Waals surface area contributed by atoms with Gasteiger partial charge in [0.05, 0.1) is 5.69 Å². The van der Waals surface area contributed by atoms with Crippen molar-refractivity contribution < 1.29 is 4.79 Å². The second-order valence-corrected chi connectivity index (χ2v) is 6.68. The van der Waals surface area contributed by atoms with Gasteiger partial charge in [0.15, 0.2) is 0 Å². The maximum Gasteiger partial charge on any atom is 0.244 e. The summed E-state index contributed by atoms with van der Waals surface area (Å²) in [5, 5.41) is 4.26. The predicted octanol–water partition coefficient (Wildman–Crippen LogP) is 1.29. The third-order valence-electron chi connectivity index (χ3n) is 4.75. The van der Waals surface area contributed by atoms with E-state index in [9.17, 15) is 4.79 Å². The minimum atomic E-state index is 0.0251. The maximum atomic E-state index is 12.5. The van der Waals surface area contributed by atoms with Crippen molar-refractivity contribution in [3.05, 3.63) is 47.2 Å². The third-order valence-corrected chi connectivity index (χ3v) is 4.75. The van der Waals surface area contributed by atoms with E-state index in [0.717, 1.165) is 18.7 Å². The SMILES string of the molecule is Cc1cc(N)n(CC(=O)N(C)C[C@@H]2Cc3ccccc3CN2C)n1. The Labute approximate surface area is 142 Å². The van der Waals surface area contributed by atoms with Crippen molar-refractivity contribution in [3.8, 4) is 0 Å². The molecule has 2 aromatic rings. The number of benzene rings is 1. The number of nitrogens with zero attached hydrogens (tertiary/aromatic N) is 4. The van der Waals surface area contributed by atoms with E-state index in [2.05, 4.69) is 41.3 Å². The third kappa shape index (κ3) is 3.43. The Morgan fingerprint density at radius 1 is 1.38 bits per heavy atom. The zero-order valence-corrected chi connectivity index (χ0v) is 14.6. The van der Waals surface area contributed by atoms with E-state index in [1.165, 1.54) is 11.1 Å². The zero-order chi connectivity index (χ0) is 17.3. The molecule has 0 radical (unpaired) electrons. The van der Waals surface area contributed by atoms with Crippen molar-refractivity contribution in [1.29, 1.82) is 0 Å². The Hall–Kier alpha value is -2.34. The maximum absolute atomic E-state index is 12.5. The smallest absolute Gasteiger partial charge is 0.244 e. The summed E-state index contributed by atoms with van der Waals surface area (Å²) < 4.78 is 1.56. The average Bonchev–Trinajstić information content (AvgIpc) is 2.85. The lowest BCUT2D eigenvalue weighted by Crippen LogP contribution is -2.46. The largest absolute Gasteiger partial charge is 0.384 e. The highest BCUT2D eigenvalue weighted by atomic mass is 16.2. The highest BCUT2D eigenvalue weighted by Crippen LogP contribution is 2.22. The Bertz CT molecular complexity index is 739. The number of carbonyl (C=O) groups excluding carboxylic acids is 1. The molecule has 1 aliphatic heterocycles. The molecule has 6 nitrogen and oxygen atoms in total. The average molecular weight is 327 g/mol. The van der Waals surface area contributed by atoms with Gasteiger partial charge in [-0.1, -0.05) is 24.3 Å². The number of nitrogen functional groups attached to an aromatic ring is 1. The molecule has 2 heterocycles. The summed E-state index contributed by atoms with van der Waals surface area (Å²) >= 11 is 0. The molecular weight excluding hydrogens is 302 g/mol. The number of hydrogen-bond donors (Lipinski definition) is 1. The molecule has 0 saturated carbocycles. The van der Waals surface area contributed by atoms with E-state index in [0.29, 0.717) is 18.4 Å². The van der Waals surface area contributed by atoms with E-state index < -0.39 is 0 Å². The van der Waals surface area contributed by atoms with E-state index >= 15 is 0 Å². The summed E-state index contributed by atoms with van der Waals surface area (Å²) in [5.74, 6) is 0.551. The first kappa shape index (κ1) is 16.5. The highest BCUT2D eigenvalue weighted by Gasteiger charge is 2.25. The summed E-state index contributed by atoms with van der Waals surface area (Å²) in [6, 6.07) is 10.6. The minimum Gasteiger partial charge on any atom is -0.384 e. The zero-order valence-electron chi connectivity index (χ0n) is 14.6. The lowest BCUT2D eigenvalue weighted by molar-refractivity contribution is -0.131. The van der Waals surface area contributed by atoms with Crippen LogP contribution >= 0.6 is 0 Å². The van der Waals surface area contributed by atoms with E-state index in [1.54, 1.807) is 15.6 Å². The molecule has 2 N–H and O–H groups in total. The van der Waals surface area contributed by atoms with Crippen molar-refractivity contribution >= 4 is 11.7 Å². The number of nitrogens with two attached hydrogens (primary N) is 1. The standard InChI is InChI=1S/C18H25N5O/c1-13-8-17(19)23(20-13)12-18(24)22(3)11-16-9-14-6-4-5-7-15(14)10-21(16)2/h4-8,16H,9-12,19H2,1-3H3/t16-/m0/s1. The van der Waals surface area contributed by atoms with Crippen molar-refractivity contribution in [2.24, 2.45) is 0 Å². The molecule has 0 aliphatic carbocycles. The van der Waals surface area contributed by atoms with Crippen LogP contribution in [0, 0.1) is 6.92 Å². The number of carbonyl (C=O) groups is 1. The van der Waals surface area contributed by atoms with Gasteiger partial charge >= 0.3 is 0 Å². The lowest BCUT2D eigenvalue weighted by Gasteiger charge is -2.36. The van der Waals surface area contributed by atoms with Crippen molar-refractivity contribution in [2.75, 3.05) is 26.4 Å². The number of fused-ring (bicyclic) bond motifs is 1. The van der Waals surface area contributed by atoms with Gasteiger partial charge in [-0.2, -0.15) is 5.10 Å². The molecule has 0 spiro atoms. The molecule has 1 amide bonds. The molecule has 0 saturated heterocycles. The summed E-state index contributed by atoms with van der Waals surface area (Å²) in [7, 11) is 3.97. The first-order chi connectivity index (χ1) is 11.4. The van der Waals surface area contributed by atoms with Crippen molar-refractivity contribution in [3.63, 3.8) is 0 Å². The van der Waals surface area contributed by atoms with E-state index in [1.807, 2.05) is 14.0 Å². The van der Waals surface area contributed by atoms with Crippen LogP contribution in [0.3, 0.4) is 0 Å². The molecule has 0 bridgehead atoms. The van der Waals surface area contributed by atoms with Gasteiger partial charge in [0.2, 0.25) is 5.91 Å². The van der Waals surface area contributed by atoms with Crippen LogP contribution in [-0.2, 0) is 24.3 Å². The van der Waals surface area contributed by atoms with Crippen LogP contribution in [0.4, 0.5) is 5.82 Å². The van der Waals surface area contributed by atoms with Crippen LogP contribution in [0.2, 0.25) is 0 Å². The molecule has 3 rings (SSSR count). The van der Waals surface area contributed by atoms with Gasteiger partial charge in [0, 0.05) is 32.2 Å². The Morgan fingerprint density at radius 3 is 2.75 bits per heavy atom. The van der Waals surface area contributed by atoms with Crippen LogP contribution in [0.1, 0.15) is 16.8 Å².